The minimum Gasteiger partial charge on any atom is -0.383 e. The van der Waals surface area contributed by atoms with Crippen LogP contribution < -0.4 is 5.73 Å². The van der Waals surface area contributed by atoms with Crippen LogP contribution in [0.2, 0.25) is 0 Å². The Morgan fingerprint density at radius 2 is 2.33 bits per heavy atom. The summed E-state index contributed by atoms with van der Waals surface area (Å²) < 4.78 is 9.89. The molecule has 0 amide bonds. The van der Waals surface area contributed by atoms with Crippen LogP contribution in [0.25, 0.3) is 10.6 Å². The van der Waals surface area contributed by atoms with Crippen molar-refractivity contribution in [3.8, 4) is 10.6 Å². The molecule has 2 aromatic rings. The lowest BCUT2D eigenvalue weighted by Gasteiger charge is -2.02. The molecule has 1 saturated heterocycles. The first-order valence-corrected chi connectivity index (χ1v) is 6.28. The van der Waals surface area contributed by atoms with E-state index in [-0.39, 0.29) is 18.5 Å². The molecule has 0 spiro atoms. The average Bonchev–Trinajstić information content (AvgIpc) is 3.00. The van der Waals surface area contributed by atoms with Crippen molar-refractivity contribution in [1.82, 2.24) is 14.3 Å². The van der Waals surface area contributed by atoms with E-state index < -0.39 is 0 Å². The van der Waals surface area contributed by atoms with Crippen molar-refractivity contribution in [3.05, 3.63) is 24.2 Å². The van der Waals surface area contributed by atoms with Crippen LogP contribution in [0.15, 0.2) is 18.3 Å². The molecule has 5 nitrogen and oxygen atoms in total. The number of rotatable bonds is 2. The molecular formula is C11H13ClN4OS. The summed E-state index contributed by atoms with van der Waals surface area (Å²) in [7, 11) is 0. The fourth-order valence-electron chi connectivity index (χ4n) is 1.85. The molecular weight excluding hydrogens is 272 g/mol. The lowest BCUT2D eigenvalue weighted by Crippen LogP contribution is -1.98. The first kappa shape index (κ1) is 13.2. The highest BCUT2D eigenvalue weighted by molar-refractivity contribution is 7.09. The summed E-state index contributed by atoms with van der Waals surface area (Å²) in [6.07, 6.45) is 3.80. The minimum atomic E-state index is 0. The van der Waals surface area contributed by atoms with Crippen molar-refractivity contribution in [2.45, 2.75) is 18.9 Å². The van der Waals surface area contributed by atoms with Crippen LogP contribution in [0.3, 0.4) is 0 Å². The summed E-state index contributed by atoms with van der Waals surface area (Å²) in [6.45, 7) is 0.800. The van der Waals surface area contributed by atoms with Gasteiger partial charge in [-0.2, -0.15) is 4.37 Å². The van der Waals surface area contributed by atoms with Crippen molar-refractivity contribution in [2.75, 3.05) is 12.3 Å². The lowest BCUT2D eigenvalue weighted by molar-refractivity contribution is 0.106. The predicted octanol–water partition coefficient (Wildman–Crippen LogP) is 2.46. The number of pyridine rings is 1. The number of nitrogens with two attached hydrogens (primary N) is 1. The van der Waals surface area contributed by atoms with Crippen LogP contribution in [0.5, 0.6) is 0 Å². The number of halogens is 1. The van der Waals surface area contributed by atoms with Gasteiger partial charge in [-0.15, -0.1) is 12.4 Å². The SMILES string of the molecule is Cl.Nc1ncccc1-c1nc(C2CCCO2)ns1. The first-order chi connectivity index (χ1) is 8.34. The van der Waals surface area contributed by atoms with Crippen LogP contribution in [-0.2, 0) is 4.74 Å². The quantitative estimate of drug-likeness (QED) is 0.917. The number of hydrogen-bond donors (Lipinski definition) is 1. The van der Waals surface area contributed by atoms with E-state index in [0.29, 0.717) is 5.82 Å². The van der Waals surface area contributed by atoms with Crippen molar-refractivity contribution < 1.29 is 4.74 Å². The molecule has 1 aliphatic heterocycles. The van der Waals surface area contributed by atoms with Gasteiger partial charge in [-0.1, -0.05) is 0 Å². The summed E-state index contributed by atoms with van der Waals surface area (Å²) >= 11 is 1.34. The van der Waals surface area contributed by atoms with Gasteiger partial charge in [-0.25, -0.2) is 9.97 Å². The largest absolute Gasteiger partial charge is 0.383 e. The summed E-state index contributed by atoms with van der Waals surface area (Å²) in [4.78, 5) is 8.53. The van der Waals surface area contributed by atoms with Crippen molar-refractivity contribution in [3.63, 3.8) is 0 Å². The molecule has 7 heteroatoms. The highest BCUT2D eigenvalue weighted by Gasteiger charge is 2.22. The van der Waals surface area contributed by atoms with Crippen LogP contribution in [0.4, 0.5) is 5.82 Å². The molecule has 96 valence electrons. The maximum atomic E-state index is 5.81. The van der Waals surface area contributed by atoms with Gasteiger partial charge in [0.15, 0.2) is 5.82 Å². The van der Waals surface area contributed by atoms with E-state index in [1.165, 1.54) is 11.5 Å². The Bertz CT molecular complexity index is 527. The van der Waals surface area contributed by atoms with Crippen molar-refractivity contribution >= 4 is 29.8 Å². The van der Waals surface area contributed by atoms with Gasteiger partial charge in [0.2, 0.25) is 0 Å². The fourth-order valence-corrected chi connectivity index (χ4v) is 2.60. The molecule has 18 heavy (non-hydrogen) atoms. The monoisotopic (exact) mass is 284 g/mol. The fraction of sp³-hybridized carbons (Fsp3) is 0.364. The topological polar surface area (TPSA) is 73.9 Å². The smallest absolute Gasteiger partial charge is 0.171 e. The van der Waals surface area contributed by atoms with Gasteiger partial charge in [0.25, 0.3) is 0 Å². The maximum Gasteiger partial charge on any atom is 0.171 e. The minimum absolute atomic E-state index is 0. The summed E-state index contributed by atoms with van der Waals surface area (Å²) in [5.41, 5.74) is 6.65. The van der Waals surface area contributed by atoms with E-state index in [4.69, 9.17) is 10.5 Å². The number of nitrogens with zero attached hydrogens (tertiary/aromatic N) is 3. The summed E-state index contributed by atoms with van der Waals surface area (Å²) in [5, 5.41) is 0.807. The summed E-state index contributed by atoms with van der Waals surface area (Å²) in [6, 6.07) is 3.75. The highest BCUT2D eigenvalue weighted by Crippen LogP contribution is 2.31. The van der Waals surface area contributed by atoms with Crippen LogP contribution in [0, 0.1) is 0 Å². The van der Waals surface area contributed by atoms with Gasteiger partial charge in [0.1, 0.15) is 16.9 Å². The van der Waals surface area contributed by atoms with E-state index in [9.17, 15) is 0 Å². The average molecular weight is 285 g/mol. The van der Waals surface area contributed by atoms with Crippen molar-refractivity contribution in [1.29, 1.82) is 0 Å². The van der Waals surface area contributed by atoms with E-state index >= 15 is 0 Å². The standard InChI is InChI=1S/C11H12N4OS.ClH/c12-9-7(3-1-5-13-9)11-14-10(15-17-11)8-4-2-6-16-8;/h1,3,5,8H,2,4,6H2,(H2,12,13);1H. The van der Waals surface area contributed by atoms with Gasteiger partial charge in [-0.05, 0) is 36.5 Å². The molecule has 1 atom stereocenters. The third kappa shape index (κ3) is 2.45. The van der Waals surface area contributed by atoms with Crippen LogP contribution in [-0.4, -0.2) is 20.9 Å². The van der Waals surface area contributed by atoms with E-state index in [1.807, 2.05) is 12.1 Å². The second-order valence-electron chi connectivity index (χ2n) is 3.90. The van der Waals surface area contributed by atoms with Gasteiger partial charge >= 0.3 is 0 Å². The third-order valence-corrected chi connectivity index (χ3v) is 3.49. The Morgan fingerprint density at radius 1 is 1.44 bits per heavy atom. The zero-order valence-corrected chi connectivity index (χ0v) is 11.2. The molecule has 0 radical (unpaired) electrons. The second-order valence-corrected chi connectivity index (χ2v) is 4.65. The Kier molecular flexibility index (Phi) is 4.11. The maximum absolute atomic E-state index is 5.81. The Labute approximate surface area is 115 Å². The molecule has 1 unspecified atom stereocenters. The Balaban J connectivity index is 0.00000120. The lowest BCUT2D eigenvalue weighted by atomic mass is 10.2. The highest BCUT2D eigenvalue weighted by atomic mass is 35.5. The zero-order valence-electron chi connectivity index (χ0n) is 9.57. The number of hydrogen-bond acceptors (Lipinski definition) is 6. The zero-order chi connectivity index (χ0) is 11.7. The Hall–Kier alpha value is -1.24. The van der Waals surface area contributed by atoms with Crippen LogP contribution in [0.1, 0.15) is 24.8 Å². The normalized spacial score (nSPS) is 18.6. The molecule has 0 aliphatic carbocycles. The van der Waals surface area contributed by atoms with E-state index in [0.717, 1.165) is 35.8 Å². The first-order valence-electron chi connectivity index (χ1n) is 5.50. The van der Waals surface area contributed by atoms with Gasteiger partial charge in [0.05, 0.1) is 5.56 Å². The van der Waals surface area contributed by atoms with Gasteiger partial charge in [-0.3, -0.25) is 0 Å². The molecule has 1 aliphatic rings. The number of aromatic nitrogens is 3. The molecule has 3 heterocycles. The molecule has 0 saturated carbocycles. The number of anilines is 1. The predicted molar refractivity (Wildman–Crippen MR) is 72.7 cm³/mol. The van der Waals surface area contributed by atoms with Crippen LogP contribution >= 0.6 is 23.9 Å². The Morgan fingerprint density at radius 3 is 3.06 bits per heavy atom. The van der Waals surface area contributed by atoms with Gasteiger partial charge < -0.3 is 10.5 Å². The van der Waals surface area contributed by atoms with E-state index in [2.05, 4.69) is 14.3 Å². The molecule has 2 aromatic heterocycles. The molecule has 0 bridgehead atoms. The number of nitrogen functional groups attached to an aromatic ring is 1. The molecule has 2 N–H and O–H groups in total. The summed E-state index contributed by atoms with van der Waals surface area (Å²) in [5.74, 6) is 1.26. The molecule has 3 rings (SSSR count). The molecule has 1 fully saturated rings. The third-order valence-electron chi connectivity index (χ3n) is 2.73. The van der Waals surface area contributed by atoms with Gasteiger partial charge in [0, 0.05) is 12.8 Å². The number of ether oxygens (including phenoxy) is 1. The molecule has 0 aromatic carbocycles. The van der Waals surface area contributed by atoms with E-state index in [1.54, 1.807) is 6.20 Å². The second kappa shape index (κ2) is 5.60. The van der Waals surface area contributed by atoms with Crippen molar-refractivity contribution in [2.24, 2.45) is 0 Å².